The Morgan fingerprint density at radius 1 is 0.636 bits per heavy atom. The van der Waals surface area contributed by atoms with E-state index < -0.39 is 0 Å². The molecular formula is C44H42F2N6O3. The summed E-state index contributed by atoms with van der Waals surface area (Å²) in [4.78, 5) is 46.2. The highest BCUT2D eigenvalue weighted by Crippen LogP contribution is 2.35. The third-order valence-corrected chi connectivity index (χ3v) is 10.6. The molecule has 0 aliphatic carbocycles. The van der Waals surface area contributed by atoms with Gasteiger partial charge in [0.2, 0.25) is 11.8 Å². The van der Waals surface area contributed by atoms with E-state index in [0.717, 1.165) is 59.8 Å². The Hall–Kier alpha value is -6.10. The van der Waals surface area contributed by atoms with Gasteiger partial charge in [0, 0.05) is 31.5 Å². The first-order valence-electron chi connectivity index (χ1n) is 18.9. The Morgan fingerprint density at radius 3 is 1.71 bits per heavy atom. The smallest absolute Gasteiger partial charge is 0.223 e. The number of rotatable bonds is 12. The van der Waals surface area contributed by atoms with Crippen LogP contribution in [0.4, 0.5) is 8.78 Å². The van der Waals surface area contributed by atoms with Crippen molar-refractivity contribution in [3.8, 4) is 34.0 Å². The maximum atomic E-state index is 14.1. The Labute approximate surface area is 318 Å². The first-order chi connectivity index (χ1) is 26.9. The van der Waals surface area contributed by atoms with E-state index in [2.05, 4.69) is 19.9 Å². The summed E-state index contributed by atoms with van der Waals surface area (Å²) >= 11 is 0. The zero-order valence-electron chi connectivity index (χ0n) is 30.4. The minimum atomic E-state index is -0.283. The quantitative estimate of drug-likeness (QED) is 0.130. The Bertz CT molecular complexity index is 2290. The summed E-state index contributed by atoms with van der Waals surface area (Å²) in [5.41, 5.74) is 4.61. The van der Waals surface area contributed by atoms with Gasteiger partial charge in [-0.25, -0.2) is 18.7 Å². The fraction of sp³-hybridized carbons (Fsp3) is 0.273. The van der Waals surface area contributed by atoms with E-state index in [4.69, 9.17) is 4.74 Å². The summed E-state index contributed by atoms with van der Waals surface area (Å²) in [5, 5.41) is 0. The number of amides is 2. The molecule has 4 heterocycles. The summed E-state index contributed by atoms with van der Waals surface area (Å²) < 4.78 is 34.5. The summed E-state index contributed by atoms with van der Waals surface area (Å²) in [7, 11) is 0. The molecule has 55 heavy (non-hydrogen) atoms. The number of nitrogens with one attached hydrogen (secondary N) is 2. The maximum absolute atomic E-state index is 14.1. The normalized spacial score (nSPS) is 16.8. The summed E-state index contributed by atoms with van der Waals surface area (Å²) in [6.45, 7) is 1.31. The van der Waals surface area contributed by atoms with Gasteiger partial charge in [-0.1, -0.05) is 48.5 Å². The maximum Gasteiger partial charge on any atom is 0.223 e. The van der Waals surface area contributed by atoms with E-state index in [-0.39, 0.29) is 48.4 Å². The minimum Gasteiger partial charge on any atom is -0.457 e. The minimum absolute atomic E-state index is 0.000119. The molecule has 2 atom stereocenters. The van der Waals surface area contributed by atoms with E-state index in [1.165, 1.54) is 12.1 Å². The molecule has 8 rings (SSSR count). The first kappa shape index (κ1) is 35.9. The zero-order chi connectivity index (χ0) is 37.7. The van der Waals surface area contributed by atoms with Crippen molar-refractivity contribution in [1.82, 2.24) is 29.7 Å². The van der Waals surface area contributed by atoms with E-state index >= 15 is 0 Å². The standard InChI is InChI=1S/C44H42F2N6O3/c45-35-12-3-1-8-29(35)18-22-41(53)51-24-6-14-39(51)43-47-27-37(49-43)31-16-20-33(21-17-31)55-34-11-5-10-32(26-34)38-28-48-44(50-38)40-15-7-25-52(40)42(54)23-19-30-9-2-4-13-36(30)46/h1-5,8-13,16-17,20-21,26-28,39-40H,6-7,14-15,18-19,22-25H2,(H,47,49)(H,48,50). The molecule has 280 valence electrons. The molecule has 2 amide bonds. The number of hydrogen-bond acceptors (Lipinski definition) is 5. The van der Waals surface area contributed by atoms with Gasteiger partial charge < -0.3 is 24.5 Å². The average Bonchev–Trinajstić information content (AvgIpc) is 4.04. The van der Waals surface area contributed by atoms with Crippen LogP contribution in [0, 0.1) is 11.6 Å². The van der Waals surface area contributed by atoms with Crippen molar-refractivity contribution in [2.45, 2.75) is 63.5 Å². The molecule has 0 saturated carbocycles. The van der Waals surface area contributed by atoms with Crippen LogP contribution in [0.1, 0.15) is 73.4 Å². The SMILES string of the molecule is O=C(CCc1ccccc1F)N1CCCC1c1ncc(-c2ccc(Oc3cccc(-c4cnc(C5CCCN5C(=O)CCc5ccccc5F)[nH]4)c3)cc2)[nH]1. The Balaban J connectivity index is 0.878. The van der Waals surface area contributed by atoms with Crippen molar-refractivity contribution in [2.24, 2.45) is 0 Å². The number of aryl methyl sites for hydroxylation is 2. The number of H-pyrrole nitrogens is 2. The van der Waals surface area contributed by atoms with Crippen molar-refractivity contribution < 1.29 is 23.1 Å². The predicted molar refractivity (Wildman–Crippen MR) is 205 cm³/mol. The molecule has 9 nitrogen and oxygen atoms in total. The molecule has 2 aromatic heterocycles. The number of halogens is 2. The van der Waals surface area contributed by atoms with Crippen LogP contribution in [0.5, 0.6) is 11.5 Å². The monoisotopic (exact) mass is 740 g/mol. The average molecular weight is 741 g/mol. The summed E-state index contributed by atoms with van der Waals surface area (Å²) in [6, 6.07) is 28.4. The Morgan fingerprint density at radius 2 is 1.16 bits per heavy atom. The van der Waals surface area contributed by atoms with Crippen LogP contribution in [0.2, 0.25) is 0 Å². The first-order valence-corrected chi connectivity index (χ1v) is 18.9. The van der Waals surface area contributed by atoms with E-state index in [0.29, 0.717) is 48.6 Å². The lowest BCUT2D eigenvalue weighted by Crippen LogP contribution is -2.31. The molecule has 4 aromatic carbocycles. The fourth-order valence-corrected chi connectivity index (χ4v) is 7.74. The van der Waals surface area contributed by atoms with Crippen LogP contribution in [0.25, 0.3) is 22.5 Å². The van der Waals surface area contributed by atoms with Crippen LogP contribution < -0.4 is 4.74 Å². The summed E-state index contributed by atoms with van der Waals surface area (Å²) in [6.07, 6.45) is 8.21. The van der Waals surface area contributed by atoms with Crippen LogP contribution in [-0.4, -0.2) is 54.6 Å². The van der Waals surface area contributed by atoms with Crippen LogP contribution in [0.3, 0.4) is 0 Å². The van der Waals surface area contributed by atoms with E-state index in [9.17, 15) is 18.4 Å². The van der Waals surface area contributed by atoms with Crippen LogP contribution in [-0.2, 0) is 22.4 Å². The van der Waals surface area contributed by atoms with Gasteiger partial charge in [-0.2, -0.15) is 0 Å². The number of ether oxygens (including phenoxy) is 1. The molecule has 2 fully saturated rings. The van der Waals surface area contributed by atoms with Crippen molar-refractivity contribution in [3.05, 3.63) is 144 Å². The number of carbonyl (C=O) groups is 2. The second-order valence-corrected chi connectivity index (χ2v) is 14.2. The highest BCUT2D eigenvalue weighted by Gasteiger charge is 2.33. The molecule has 0 radical (unpaired) electrons. The molecule has 2 saturated heterocycles. The third kappa shape index (κ3) is 8.06. The predicted octanol–water partition coefficient (Wildman–Crippen LogP) is 9.13. The second-order valence-electron chi connectivity index (χ2n) is 14.2. The molecule has 2 N–H and O–H groups in total. The van der Waals surface area contributed by atoms with Gasteiger partial charge in [-0.15, -0.1) is 0 Å². The van der Waals surface area contributed by atoms with Gasteiger partial charge in [0.05, 0.1) is 35.9 Å². The van der Waals surface area contributed by atoms with Crippen molar-refractivity contribution in [2.75, 3.05) is 13.1 Å². The topological polar surface area (TPSA) is 107 Å². The lowest BCUT2D eigenvalue weighted by atomic mass is 10.1. The fourth-order valence-electron chi connectivity index (χ4n) is 7.74. The molecule has 2 aliphatic heterocycles. The number of aromatic amines is 2. The van der Waals surface area contributed by atoms with Crippen LogP contribution in [0.15, 0.2) is 109 Å². The molecule has 2 aliphatic rings. The second kappa shape index (κ2) is 16.1. The zero-order valence-corrected chi connectivity index (χ0v) is 30.4. The highest BCUT2D eigenvalue weighted by molar-refractivity contribution is 5.78. The number of carbonyl (C=O) groups excluding carboxylic acids is 2. The van der Waals surface area contributed by atoms with Gasteiger partial charge in [-0.05, 0) is 104 Å². The van der Waals surface area contributed by atoms with Crippen LogP contribution >= 0.6 is 0 Å². The lowest BCUT2D eigenvalue weighted by molar-refractivity contribution is -0.133. The molecule has 11 heteroatoms. The van der Waals surface area contributed by atoms with E-state index in [1.807, 2.05) is 58.3 Å². The molecule has 0 bridgehead atoms. The van der Waals surface area contributed by atoms with Gasteiger partial charge in [0.1, 0.15) is 34.8 Å². The Kier molecular flexibility index (Phi) is 10.5. The van der Waals surface area contributed by atoms with Crippen molar-refractivity contribution >= 4 is 11.8 Å². The van der Waals surface area contributed by atoms with E-state index in [1.54, 1.807) is 48.8 Å². The highest BCUT2D eigenvalue weighted by atomic mass is 19.1. The van der Waals surface area contributed by atoms with Gasteiger partial charge in [0.15, 0.2) is 0 Å². The van der Waals surface area contributed by atoms with Crippen molar-refractivity contribution in [1.29, 1.82) is 0 Å². The molecular weight excluding hydrogens is 699 g/mol. The van der Waals surface area contributed by atoms with Crippen molar-refractivity contribution in [3.63, 3.8) is 0 Å². The molecule has 2 unspecified atom stereocenters. The number of nitrogens with zero attached hydrogens (tertiary/aromatic N) is 4. The number of imidazole rings is 2. The summed E-state index contributed by atoms with van der Waals surface area (Å²) in [5.74, 6) is 2.26. The number of benzene rings is 4. The molecule has 0 spiro atoms. The number of aromatic nitrogens is 4. The third-order valence-electron chi connectivity index (χ3n) is 10.6. The number of hydrogen-bond donors (Lipinski definition) is 2. The largest absolute Gasteiger partial charge is 0.457 e. The molecule has 6 aromatic rings. The van der Waals surface area contributed by atoms with Gasteiger partial charge >= 0.3 is 0 Å². The lowest BCUT2D eigenvalue weighted by Gasteiger charge is -2.23. The number of likely N-dealkylation sites (tertiary alicyclic amines) is 2. The van der Waals surface area contributed by atoms with Gasteiger partial charge in [0.25, 0.3) is 0 Å². The van der Waals surface area contributed by atoms with Gasteiger partial charge in [-0.3, -0.25) is 9.59 Å².